The number of benzene rings is 1. The van der Waals surface area contributed by atoms with Crippen molar-refractivity contribution < 1.29 is 14.6 Å². The third-order valence-electron chi connectivity index (χ3n) is 3.92. The number of methoxy groups -OCH3 is 1. The van der Waals surface area contributed by atoms with E-state index in [0.29, 0.717) is 13.0 Å². The van der Waals surface area contributed by atoms with Crippen molar-refractivity contribution in [2.45, 2.75) is 46.3 Å². The normalized spacial score (nSPS) is 13.7. The molecule has 5 heteroatoms. The van der Waals surface area contributed by atoms with E-state index in [1.54, 1.807) is 7.11 Å². The molecule has 0 heterocycles. The van der Waals surface area contributed by atoms with Crippen LogP contribution < -0.4 is 15.4 Å². The van der Waals surface area contributed by atoms with Crippen molar-refractivity contribution in [3.05, 3.63) is 29.8 Å². The second-order valence-corrected chi connectivity index (χ2v) is 6.50. The number of carbonyl (C=O) groups is 1. The number of aliphatic hydroxyl groups excluding tert-OH is 1. The van der Waals surface area contributed by atoms with Crippen molar-refractivity contribution in [3.8, 4) is 5.75 Å². The predicted molar refractivity (Wildman–Crippen MR) is 92.6 cm³/mol. The van der Waals surface area contributed by atoms with Crippen LogP contribution in [0, 0.1) is 11.8 Å². The summed E-state index contributed by atoms with van der Waals surface area (Å²) in [7, 11) is 1.63. The molecule has 0 saturated heterocycles. The average molecular weight is 322 g/mol. The lowest BCUT2D eigenvalue weighted by Gasteiger charge is -2.23. The highest BCUT2D eigenvalue weighted by Crippen LogP contribution is 2.23. The van der Waals surface area contributed by atoms with Gasteiger partial charge in [-0.2, -0.15) is 0 Å². The van der Waals surface area contributed by atoms with Crippen LogP contribution in [-0.2, 0) is 0 Å². The Labute approximate surface area is 139 Å². The quantitative estimate of drug-likeness (QED) is 0.689. The number of nitrogens with one attached hydrogen (secondary N) is 2. The first-order valence-electron chi connectivity index (χ1n) is 8.21. The molecule has 2 atom stereocenters. The number of amides is 2. The zero-order valence-electron chi connectivity index (χ0n) is 14.8. The molecule has 0 fully saturated rings. The zero-order valence-corrected chi connectivity index (χ0v) is 14.8. The Bertz CT molecular complexity index is 472. The molecule has 23 heavy (non-hydrogen) atoms. The van der Waals surface area contributed by atoms with E-state index in [9.17, 15) is 9.90 Å². The van der Waals surface area contributed by atoms with Crippen LogP contribution in [0.4, 0.5) is 4.79 Å². The third kappa shape index (κ3) is 6.48. The summed E-state index contributed by atoms with van der Waals surface area (Å²) in [6.45, 7) is 8.51. The van der Waals surface area contributed by atoms with Crippen molar-refractivity contribution >= 4 is 6.03 Å². The SMILES string of the molecule is COc1ccc(C(NC(=O)NCCC(O)C(C)C)C(C)C)cc1. The summed E-state index contributed by atoms with van der Waals surface area (Å²) in [4.78, 5) is 12.1. The molecule has 2 amide bonds. The Morgan fingerprint density at radius 3 is 2.22 bits per heavy atom. The van der Waals surface area contributed by atoms with E-state index in [0.717, 1.165) is 11.3 Å². The highest BCUT2D eigenvalue weighted by molar-refractivity contribution is 5.74. The molecule has 0 aliphatic rings. The molecule has 1 aromatic rings. The first kappa shape index (κ1) is 19.3. The summed E-state index contributed by atoms with van der Waals surface area (Å²) in [6.07, 6.45) is 0.165. The first-order chi connectivity index (χ1) is 10.8. The fraction of sp³-hybridized carbons (Fsp3) is 0.611. The van der Waals surface area contributed by atoms with Crippen molar-refractivity contribution in [2.24, 2.45) is 11.8 Å². The van der Waals surface area contributed by atoms with Gasteiger partial charge in [0, 0.05) is 6.54 Å². The van der Waals surface area contributed by atoms with Crippen LogP contribution in [-0.4, -0.2) is 30.9 Å². The molecule has 0 aliphatic carbocycles. The molecular formula is C18H30N2O3. The Hall–Kier alpha value is -1.75. The van der Waals surface area contributed by atoms with E-state index in [1.807, 2.05) is 38.1 Å². The fourth-order valence-electron chi connectivity index (χ4n) is 2.31. The summed E-state index contributed by atoms with van der Waals surface area (Å²) in [5.74, 6) is 1.25. The molecule has 2 unspecified atom stereocenters. The molecule has 3 N–H and O–H groups in total. The highest BCUT2D eigenvalue weighted by atomic mass is 16.5. The standard InChI is InChI=1S/C18H30N2O3/c1-12(2)16(21)10-11-19-18(22)20-17(13(3)4)14-6-8-15(23-5)9-7-14/h6-9,12-13,16-17,21H,10-11H2,1-5H3,(H2,19,20,22). The number of carbonyl (C=O) groups excluding carboxylic acids is 1. The van der Waals surface area contributed by atoms with Gasteiger partial charge in [0.05, 0.1) is 19.3 Å². The van der Waals surface area contributed by atoms with Gasteiger partial charge in [-0.1, -0.05) is 39.8 Å². The maximum absolute atomic E-state index is 12.1. The van der Waals surface area contributed by atoms with E-state index < -0.39 is 6.10 Å². The molecule has 0 aliphatic heterocycles. The molecule has 1 aromatic carbocycles. The van der Waals surface area contributed by atoms with Gasteiger partial charge in [0.1, 0.15) is 5.75 Å². The van der Waals surface area contributed by atoms with Crippen LogP contribution in [0.25, 0.3) is 0 Å². The van der Waals surface area contributed by atoms with Crippen LogP contribution in [0.5, 0.6) is 5.75 Å². The molecule has 130 valence electrons. The maximum Gasteiger partial charge on any atom is 0.315 e. The minimum Gasteiger partial charge on any atom is -0.497 e. The maximum atomic E-state index is 12.1. The van der Waals surface area contributed by atoms with E-state index in [1.165, 1.54) is 0 Å². The van der Waals surface area contributed by atoms with Crippen LogP contribution in [0.2, 0.25) is 0 Å². The number of ether oxygens (including phenoxy) is 1. The number of aliphatic hydroxyl groups is 1. The molecule has 1 rings (SSSR count). The predicted octanol–water partition coefficient (Wildman–Crippen LogP) is 3.10. The largest absolute Gasteiger partial charge is 0.497 e. The van der Waals surface area contributed by atoms with Gasteiger partial charge in [-0.15, -0.1) is 0 Å². The van der Waals surface area contributed by atoms with Gasteiger partial charge in [0.15, 0.2) is 0 Å². The van der Waals surface area contributed by atoms with E-state index in [-0.39, 0.29) is 23.9 Å². The van der Waals surface area contributed by atoms with Gasteiger partial charge in [-0.3, -0.25) is 0 Å². The van der Waals surface area contributed by atoms with Gasteiger partial charge in [0.25, 0.3) is 0 Å². The van der Waals surface area contributed by atoms with Crippen molar-refractivity contribution in [2.75, 3.05) is 13.7 Å². The highest BCUT2D eigenvalue weighted by Gasteiger charge is 2.18. The minimum absolute atomic E-state index is 0.0732. The van der Waals surface area contributed by atoms with Crippen molar-refractivity contribution in [1.29, 1.82) is 0 Å². The number of urea groups is 1. The Morgan fingerprint density at radius 1 is 1.13 bits per heavy atom. The van der Waals surface area contributed by atoms with E-state index >= 15 is 0 Å². The van der Waals surface area contributed by atoms with Gasteiger partial charge in [0.2, 0.25) is 0 Å². The lowest BCUT2D eigenvalue weighted by atomic mass is 9.96. The van der Waals surface area contributed by atoms with Crippen LogP contribution in [0.3, 0.4) is 0 Å². The zero-order chi connectivity index (χ0) is 17.4. The Morgan fingerprint density at radius 2 is 1.74 bits per heavy atom. The summed E-state index contributed by atoms with van der Waals surface area (Å²) in [5, 5.41) is 15.6. The van der Waals surface area contributed by atoms with Crippen molar-refractivity contribution in [3.63, 3.8) is 0 Å². The van der Waals surface area contributed by atoms with Gasteiger partial charge in [-0.05, 0) is 36.0 Å². The Kier molecular flexibility index (Phi) is 7.89. The minimum atomic E-state index is -0.391. The fourth-order valence-corrected chi connectivity index (χ4v) is 2.31. The lowest BCUT2D eigenvalue weighted by Crippen LogP contribution is -2.41. The topological polar surface area (TPSA) is 70.6 Å². The molecule has 0 bridgehead atoms. The number of hydrogen-bond donors (Lipinski definition) is 3. The summed E-state index contributed by atoms with van der Waals surface area (Å²) >= 11 is 0. The number of hydrogen-bond acceptors (Lipinski definition) is 3. The van der Waals surface area contributed by atoms with Crippen LogP contribution in [0.1, 0.15) is 45.7 Å². The van der Waals surface area contributed by atoms with E-state index in [4.69, 9.17) is 4.74 Å². The summed E-state index contributed by atoms with van der Waals surface area (Å²) in [5.41, 5.74) is 1.04. The molecular weight excluding hydrogens is 292 g/mol. The second kappa shape index (κ2) is 9.40. The number of rotatable bonds is 8. The van der Waals surface area contributed by atoms with Gasteiger partial charge < -0.3 is 20.5 Å². The second-order valence-electron chi connectivity index (χ2n) is 6.50. The van der Waals surface area contributed by atoms with Crippen molar-refractivity contribution in [1.82, 2.24) is 10.6 Å². The van der Waals surface area contributed by atoms with Crippen LogP contribution in [0.15, 0.2) is 24.3 Å². The summed E-state index contributed by atoms with van der Waals surface area (Å²) in [6, 6.07) is 7.43. The van der Waals surface area contributed by atoms with E-state index in [2.05, 4.69) is 24.5 Å². The first-order valence-corrected chi connectivity index (χ1v) is 8.21. The molecule has 0 spiro atoms. The molecule has 0 radical (unpaired) electrons. The van der Waals surface area contributed by atoms with Crippen LogP contribution >= 0.6 is 0 Å². The Balaban J connectivity index is 2.56. The third-order valence-corrected chi connectivity index (χ3v) is 3.92. The lowest BCUT2D eigenvalue weighted by molar-refractivity contribution is 0.116. The monoisotopic (exact) mass is 322 g/mol. The van der Waals surface area contributed by atoms with Gasteiger partial charge >= 0.3 is 6.03 Å². The molecule has 5 nitrogen and oxygen atoms in total. The smallest absolute Gasteiger partial charge is 0.315 e. The molecule has 0 saturated carbocycles. The average Bonchev–Trinajstić information content (AvgIpc) is 2.52. The molecule has 0 aromatic heterocycles. The van der Waals surface area contributed by atoms with Gasteiger partial charge in [-0.25, -0.2) is 4.79 Å². The summed E-state index contributed by atoms with van der Waals surface area (Å²) < 4.78 is 5.16.